The third-order valence-corrected chi connectivity index (χ3v) is 3.53. The van der Waals surface area contributed by atoms with Gasteiger partial charge in [0.05, 0.1) is 19.4 Å². The minimum Gasteiger partial charge on any atom is -0.496 e. The van der Waals surface area contributed by atoms with E-state index in [-0.39, 0.29) is 6.04 Å². The Morgan fingerprint density at radius 2 is 1.94 bits per heavy atom. The van der Waals surface area contributed by atoms with Crippen molar-refractivity contribution in [2.24, 2.45) is 5.73 Å². The highest BCUT2D eigenvalue weighted by Gasteiger charge is 2.20. The van der Waals surface area contributed by atoms with Crippen LogP contribution in [-0.4, -0.2) is 7.11 Å². The molecule has 0 amide bonds. The smallest absolute Gasteiger partial charge is 0.198 e. The van der Waals surface area contributed by atoms with Gasteiger partial charge in [-0.2, -0.15) is 0 Å². The maximum atomic E-state index is 6.23. The van der Waals surface area contributed by atoms with E-state index in [1.165, 1.54) is 11.8 Å². The van der Waals surface area contributed by atoms with Crippen molar-refractivity contribution in [3.05, 3.63) is 51.9 Å². The highest BCUT2D eigenvalue weighted by atomic mass is 35.5. The van der Waals surface area contributed by atoms with Crippen LogP contribution in [0.25, 0.3) is 0 Å². The Morgan fingerprint density at radius 3 is 2.50 bits per heavy atom. The molecule has 1 aromatic heterocycles. The normalized spacial score (nSPS) is 12.5. The second-order valence-corrected chi connectivity index (χ2v) is 4.60. The average Bonchev–Trinajstić information content (AvgIpc) is 2.78. The number of aryl methyl sites for hydroxylation is 1. The monoisotopic (exact) mass is 265 g/mol. The van der Waals surface area contributed by atoms with Crippen molar-refractivity contribution < 1.29 is 9.15 Å². The second kappa shape index (κ2) is 5.04. The average molecular weight is 266 g/mol. The molecule has 3 nitrogen and oxygen atoms in total. The zero-order valence-corrected chi connectivity index (χ0v) is 11.4. The van der Waals surface area contributed by atoms with Gasteiger partial charge in [0.15, 0.2) is 5.22 Å². The Balaban J connectivity index is 2.52. The number of ether oxygens (including phenoxy) is 1. The molecule has 1 atom stereocenters. The fraction of sp³-hybridized carbons (Fsp3) is 0.286. The van der Waals surface area contributed by atoms with Gasteiger partial charge in [-0.05, 0) is 42.6 Å². The van der Waals surface area contributed by atoms with Gasteiger partial charge in [-0.1, -0.05) is 12.1 Å². The topological polar surface area (TPSA) is 48.4 Å². The van der Waals surface area contributed by atoms with E-state index in [1.807, 2.05) is 26.0 Å². The van der Waals surface area contributed by atoms with E-state index in [0.29, 0.717) is 5.22 Å². The van der Waals surface area contributed by atoms with Gasteiger partial charge in [-0.15, -0.1) is 0 Å². The molecule has 0 aliphatic carbocycles. The third-order valence-electron chi connectivity index (χ3n) is 3.23. The predicted octanol–water partition coefficient (Wildman–Crippen LogP) is 3.61. The summed E-state index contributed by atoms with van der Waals surface area (Å²) in [5.41, 5.74) is 10.2. The Hall–Kier alpha value is -1.45. The number of benzene rings is 1. The van der Waals surface area contributed by atoms with Crippen molar-refractivity contribution in [1.29, 1.82) is 0 Å². The minimum absolute atomic E-state index is 0.322. The van der Waals surface area contributed by atoms with E-state index in [9.17, 15) is 0 Å². The molecule has 0 bridgehead atoms. The van der Waals surface area contributed by atoms with E-state index in [4.69, 9.17) is 26.5 Å². The van der Waals surface area contributed by atoms with Crippen molar-refractivity contribution in [2.45, 2.75) is 19.9 Å². The Bertz CT molecular complexity index is 563. The molecule has 0 radical (unpaired) electrons. The minimum atomic E-state index is -0.356. The van der Waals surface area contributed by atoms with Crippen molar-refractivity contribution in [3.8, 4) is 5.75 Å². The Morgan fingerprint density at radius 1 is 1.22 bits per heavy atom. The van der Waals surface area contributed by atoms with Crippen molar-refractivity contribution in [2.75, 3.05) is 7.11 Å². The predicted molar refractivity (Wildman–Crippen MR) is 72.2 cm³/mol. The first-order valence-corrected chi connectivity index (χ1v) is 6.06. The van der Waals surface area contributed by atoms with Gasteiger partial charge in [-0.25, -0.2) is 0 Å². The van der Waals surface area contributed by atoms with Crippen LogP contribution in [0.2, 0.25) is 5.22 Å². The van der Waals surface area contributed by atoms with Gasteiger partial charge in [0.25, 0.3) is 0 Å². The van der Waals surface area contributed by atoms with E-state index in [0.717, 1.165) is 22.4 Å². The highest BCUT2D eigenvalue weighted by molar-refractivity contribution is 6.29. The standard InChI is InChI=1S/C14H16ClNO2/c1-8-4-5-10(13(17-3)9(8)2)12(16)11-6-7-18-14(11)15/h4-7,12H,16H2,1-3H3. The Labute approximate surface area is 111 Å². The molecule has 0 spiro atoms. The summed E-state index contributed by atoms with van der Waals surface area (Å²) in [6.07, 6.45) is 1.53. The number of nitrogens with two attached hydrogens (primary N) is 1. The van der Waals surface area contributed by atoms with Crippen molar-refractivity contribution in [3.63, 3.8) is 0 Å². The zero-order valence-electron chi connectivity index (χ0n) is 10.7. The first kappa shape index (κ1) is 13.0. The number of hydrogen-bond acceptors (Lipinski definition) is 3. The van der Waals surface area contributed by atoms with Crippen LogP contribution in [0, 0.1) is 13.8 Å². The molecule has 0 aliphatic rings. The van der Waals surface area contributed by atoms with Crippen molar-refractivity contribution >= 4 is 11.6 Å². The van der Waals surface area contributed by atoms with Gasteiger partial charge in [0, 0.05) is 11.1 Å². The van der Waals surface area contributed by atoms with Crippen LogP contribution < -0.4 is 10.5 Å². The molecule has 4 heteroatoms. The fourth-order valence-electron chi connectivity index (χ4n) is 2.02. The lowest BCUT2D eigenvalue weighted by atomic mass is 9.96. The number of furan rings is 1. The molecule has 0 saturated carbocycles. The van der Waals surface area contributed by atoms with Gasteiger partial charge in [-0.3, -0.25) is 0 Å². The number of rotatable bonds is 3. The highest BCUT2D eigenvalue weighted by Crippen LogP contribution is 2.35. The molecule has 1 heterocycles. The van der Waals surface area contributed by atoms with E-state index >= 15 is 0 Å². The SMILES string of the molecule is COc1c(C(N)c2ccoc2Cl)ccc(C)c1C. The lowest BCUT2D eigenvalue weighted by molar-refractivity contribution is 0.404. The van der Waals surface area contributed by atoms with Crippen LogP contribution >= 0.6 is 11.6 Å². The molecule has 0 saturated heterocycles. The molecule has 96 valence electrons. The summed E-state index contributed by atoms with van der Waals surface area (Å²) in [4.78, 5) is 0. The van der Waals surface area contributed by atoms with Crippen LogP contribution in [0.15, 0.2) is 28.9 Å². The zero-order chi connectivity index (χ0) is 13.3. The van der Waals surface area contributed by atoms with E-state index in [2.05, 4.69) is 0 Å². The second-order valence-electron chi connectivity index (χ2n) is 4.26. The van der Waals surface area contributed by atoms with E-state index < -0.39 is 0 Å². The third kappa shape index (κ3) is 2.11. The van der Waals surface area contributed by atoms with E-state index in [1.54, 1.807) is 13.2 Å². The number of hydrogen-bond donors (Lipinski definition) is 1. The van der Waals surface area contributed by atoms with Gasteiger partial charge < -0.3 is 14.9 Å². The van der Waals surface area contributed by atoms with Crippen LogP contribution in [0.1, 0.15) is 28.3 Å². The summed E-state index contributed by atoms with van der Waals surface area (Å²) in [5, 5.41) is 0.322. The summed E-state index contributed by atoms with van der Waals surface area (Å²) in [7, 11) is 1.65. The van der Waals surface area contributed by atoms with Crippen LogP contribution in [0.4, 0.5) is 0 Å². The molecular formula is C14H16ClNO2. The quantitative estimate of drug-likeness (QED) is 0.922. The first-order valence-electron chi connectivity index (χ1n) is 5.68. The van der Waals surface area contributed by atoms with Gasteiger partial charge in [0.1, 0.15) is 5.75 Å². The maximum absolute atomic E-state index is 6.23. The summed E-state index contributed by atoms with van der Waals surface area (Å²) < 4.78 is 10.5. The number of methoxy groups -OCH3 is 1. The lowest BCUT2D eigenvalue weighted by Gasteiger charge is -2.18. The fourth-order valence-corrected chi connectivity index (χ4v) is 2.25. The molecule has 0 fully saturated rings. The van der Waals surface area contributed by atoms with Crippen LogP contribution in [0.3, 0.4) is 0 Å². The molecular weight excluding hydrogens is 250 g/mol. The molecule has 0 aliphatic heterocycles. The molecule has 1 aromatic carbocycles. The lowest BCUT2D eigenvalue weighted by Crippen LogP contribution is -2.13. The summed E-state index contributed by atoms with van der Waals surface area (Å²) >= 11 is 5.96. The van der Waals surface area contributed by atoms with Crippen LogP contribution in [-0.2, 0) is 0 Å². The largest absolute Gasteiger partial charge is 0.496 e. The van der Waals surface area contributed by atoms with Gasteiger partial charge in [0.2, 0.25) is 0 Å². The van der Waals surface area contributed by atoms with Crippen LogP contribution in [0.5, 0.6) is 5.75 Å². The van der Waals surface area contributed by atoms with Crippen molar-refractivity contribution in [1.82, 2.24) is 0 Å². The molecule has 2 N–H and O–H groups in total. The number of halogens is 1. The molecule has 2 rings (SSSR count). The summed E-state index contributed by atoms with van der Waals surface area (Å²) in [5.74, 6) is 0.805. The first-order chi connectivity index (χ1) is 8.56. The summed E-state index contributed by atoms with van der Waals surface area (Å²) in [6.45, 7) is 4.05. The summed E-state index contributed by atoms with van der Waals surface area (Å²) in [6, 6.07) is 5.42. The maximum Gasteiger partial charge on any atom is 0.198 e. The molecule has 2 aromatic rings. The molecule has 18 heavy (non-hydrogen) atoms. The molecule has 1 unspecified atom stereocenters. The van der Waals surface area contributed by atoms with Gasteiger partial charge >= 0.3 is 0 Å². The Kier molecular flexibility index (Phi) is 3.64.